The molecule has 3 heteroatoms. The van der Waals surface area contributed by atoms with Crippen LogP contribution in [0.3, 0.4) is 0 Å². The molecule has 2 aromatic rings. The van der Waals surface area contributed by atoms with Crippen molar-refractivity contribution in [2.45, 2.75) is 24.1 Å². The summed E-state index contributed by atoms with van der Waals surface area (Å²) in [6, 6.07) is 10.2. The lowest BCUT2D eigenvalue weighted by Gasteiger charge is -2.08. The number of rotatable bonds is 4. The first-order valence-electron chi connectivity index (χ1n) is 6.25. The number of nitrogens with zero attached hydrogens (tertiary/aromatic N) is 1. The third-order valence-electron chi connectivity index (χ3n) is 3.37. The molecule has 1 saturated carbocycles. The van der Waals surface area contributed by atoms with E-state index in [0.717, 1.165) is 30.2 Å². The molecule has 1 atom stereocenters. The Balaban J connectivity index is 1.79. The Kier molecular flexibility index (Phi) is 3.16. The van der Waals surface area contributed by atoms with Crippen LogP contribution in [-0.2, 0) is 11.2 Å². The van der Waals surface area contributed by atoms with E-state index in [4.69, 9.17) is 0 Å². The quantitative estimate of drug-likeness (QED) is 0.809. The molecule has 3 rings (SSSR count). The number of carbonyl (C=O) groups excluding carboxylic acids is 1. The zero-order chi connectivity index (χ0) is 12.5. The monoisotopic (exact) mass is 303 g/mol. The van der Waals surface area contributed by atoms with Gasteiger partial charge >= 0.3 is 0 Å². The molecule has 1 aliphatic carbocycles. The highest BCUT2D eigenvalue weighted by Crippen LogP contribution is 2.33. The molecule has 1 aliphatic rings. The van der Waals surface area contributed by atoms with Gasteiger partial charge < -0.3 is 0 Å². The lowest BCUT2D eigenvalue weighted by Crippen LogP contribution is -2.18. The van der Waals surface area contributed by atoms with Crippen molar-refractivity contribution in [2.75, 3.05) is 0 Å². The van der Waals surface area contributed by atoms with Crippen LogP contribution in [0.4, 0.5) is 0 Å². The van der Waals surface area contributed by atoms with Crippen molar-refractivity contribution in [1.29, 1.82) is 0 Å². The van der Waals surface area contributed by atoms with Crippen LogP contribution >= 0.6 is 15.9 Å². The second kappa shape index (κ2) is 4.81. The predicted molar refractivity (Wildman–Crippen MR) is 75.9 cm³/mol. The van der Waals surface area contributed by atoms with Gasteiger partial charge in [-0.05, 0) is 43.0 Å². The Morgan fingerprint density at radius 2 is 2.22 bits per heavy atom. The highest BCUT2D eigenvalue weighted by molar-refractivity contribution is 9.10. The van der Waals surface area contributed by atoms with Crippen molar-refractivity contribution in [3.8, 4) is 0 Å². The number of hydrogen-bond donors (Lipinski definition) is 0. The van der Waals surface area contributed by atoms with Gasteiger partial charge in [-0.25, -0.2) is 0 Å². The first-order chi connectivity index (χ1) is 8.74. The van der Waals surface area contributed by atoms with E-state index in [9.17, 15) is 4.79 Å². The molecular weight excluding hydrogens is 290 g/mol. The van der Waals surface area contributed by atoms with E-state index < -0.39 is 0 Å². The van der Waals surface area contributed by atoms with E-state index in [0.29, 0.717) is 11.7 Å². The van der Waals surface area contributed by atoms with Crippen LogP contribution in [0.15, 0.2) is 36.5 Å². The first kappa shape index (κ1) is 11.8. The molecule has 1 fully saturated rings. The summed E-state index contributed by atoms with van der Waals surface area (Å²) < 4.78 is 0. The van der Waals surface area contributed by atoms with Crippen molar-refractivity contribution in [2.24, 2.45) is 5.92 Å². The number of carbonyl (C=O) groups is 1. The van der Waals surface area contributed by atoms with Crippen LogP contribution in [0.1, 0.15) is 18.4 Å². The van der Waals surface area contributed by atoms with E-state index in [1.807, 2.05) is 12.1 Å². The molecule has 0 aliphatic heterocycles. The predicted octanol–water partition coefficient (Wildman–Crippen LogP) is 3.52. The maximum absolute atomic E-state index is 11.9. The molecule has 92 valence electrons. The molecule has 0 spiro atoms. The summed E-state index contributed by atoms with van der Waals surface area (Å²) in [4.78, 5) is 16.2. The average molecular weight is 304 g/mol. The fraction of sp³-hybridized carbons (Fsp3) is 0.333. The number of halogens is 1. The van der Waals surface area contributed by atoms with E-state index in [1.165, 1.54) is 5.56 Å². The third-order valence-corrected chi connectivity index (χ3v) is 4.15. The molecule has 18 heavy (non-hydrogen) atoms. The maximum Gasteiger partial charge on any atom is 0.149 e. The second-order valence-electron chi connectivity index (χ2n) is 4.88. The number of alkyl halides is 1. The molecule has 0 N–H and O–H groups in total. The minimum Gasteiger partial charge on any atom is -0.298 e. The van der Waals surface area contributed by atoms with Gasteiger partial charge in [0.2, 0.25) is 0 Å². The number of hydrogen-bond acceptors (Lipinski definition) is 2. The fourth-order valence-electron chi connectivity index (χ4n) is 2.18. The molecule has 1 aromatic heterocycles. The van der Waals surface area contributed by atoms with Crippen LogP contribution in [0.5, 0.6) is 0 Å². The Morgan fingerprint density at radius 3 is 3.00 bits per heavy atom. The summed E-state index contributed by atoms with van der Waals surface area (Å²) in [5.41, 5.74) is 2.19. The summed E-state index contributed by atoms with van der Waals surface area (Å²) in [6.45, 7) is 0. The van der Waals surface area contributed by atoms with Gasteiger partial charge in [-0.2, -0.15) is 0 Å². The molecule has 1 heterocycles. The SMILES string of the molecule is O=C(C(Br)Cc1ccc2ncccc2c1)C1CC1. The Bertz CT molecular complexity index is 592. The minimum absolute atomic E-state index is 0.0425. The Labute approximate surface area is 115 Å². The van der Waals surface area contributed by atoms with Crippen LogP contribution < -0.4 is 0 Å². The Hall–Kier alpha value is -1.22. The van der Waals surface area contributed by atoms with Crippen molar-refractivity contribution in [3.63, 3.8) is 0 Å². The number of ketones is 1. The van der Waals surface area contributed by atoms with E-state index in [1.54, 1.807) is 6.20 Å². The number of benzene rings is 1. The zero-order valence-corrected chi connectivity index (χ0v) is 11.6. The number of aromatic nitrogens is 1. The molecule has 2 nitrogen and oxygen atoms in total. The minimum atomic E-state index is -0.0425. The second-order valence-corrected chi connectivity index (χ2v) is 5.98. The average Bonchev–Trinajstić information content (AvgIpc) is 3.22. The van der Waals surface area contributed by atoms with Crippen molar-refractivity contribution in [1.82, 2.24) is 4.98 Å². The highest BCUT2D eigenvalue weighted by atomic mass is 79.9. The van der Waals surface area contributed by atoms with Crippen LogP contribution in [0, 0.1) is 5.92 Å². The van der Waals surface area contributed by atoms with Crippen molar-refractivity contribution in [3.05, 3.63) is 42.1 Å². The highest BCUT2D eigenvalue weighted by Gasteiger charge is 2.33. The molecule has 1 unspecified atom stereocenters. The van der Waals surface area contributed by atoms with Gasteiger partial charge in [-0.3, -0.25) is 9.78 Å². The number of pyridine rings is 1. The van der Waals surface area contributed by atoms with Gasteiger partial charge in [0.05, 0.1) is 10.3 Å². The molecular formula is C15H14BrNO. The Morgan fingerprint density at radius 1 is 1.39 bits per heavy atom. The van der Waals surface area contributed by atoms with Crippen molar-refractivity contribution < 1.29 is 4.79 Å². The van der Waals surface area contributed by atoms with Gasteiger partial charge in [0.25, 0.3) is 0 Å². The summed E-state index contributed by atoms with van der Waals surface area (Å²) in [7, 11) is 0. The summed E-state index contributed by atoms with van der Waals surface area (Å²) >= 11 is 3.52. The fourth-order valence-corrected chi connectivity index (χ4v) is 2.93. The standard InChI is InChI=1S/C15H14BrNO/c16-13(15(18)11-4-5-11)9-10-3-6-14-12(8-10)2-1-7-17-14/h1-3,6-8,11,13H,4-5,9H2. The van der Waals surface area contributed by atoms with Crippen LogP contribution in [0.2, 0.25) is 0 Å². The van der Waals surface area contributed by atoms with Gasteiger partial charge in [-0.1, -0.05) is 28.1 Å². The topological polar surface area (TPSA) is 30.0 Å². The smallest absolute Gasteiger partial charge is 0.149 e. The van der Waals surface area contributed by atoms with Gasteiger partial charge in [0.15, 0.2) is 0 Å². The molecule has 0 amide bonds. The third kappa shape index (κ3) is 2.46. The summed E-state index contributed by atoms with van der Waals surface area (Å²) in [5, 5.41) is 1.13. The van der Waals surface area contributed by atoms with Crippen LogP contribution in [0.25, 0.3) is 10.9 Å². The largest absolute Gasteiger partial charge is 0.298 e. The number of fused-ring (bicyclic) bond motifs is 1. The van der Waals surface area contributed by atoms with E-state index in [2.05, 4.69) is 39.1 Å². The number of Topliss-reactive ketones (excluding diaryl/α,β-unsaturated/α-hetero) is 1. The molecule has 0 radical (unpaired) electrons. The van der Waals surface area contributed by atoms with E-state index >= 15 is 0 Å². The van der Waals surface area contributed by atoms with Gasteiger partial charge in [-0.15, -0.1) is 0 Å². The van der Waals surface area contributed by atoms with Gasteiger partial charge in [0, 0.05) is 17.5 Å². The van der Waals surface area contributed by atoms with E-state index in [-0.39, 0.29) is 4.83 Å². The molecule has 1 aromatic carbocycles. The first-order valence-corrected chi connectivity index (χ1v) is 7.17. The van der Waals surface area contributed by atoms with Crippen LogP contribution in [-0.4, -0.2) is 15.6 Å². The van der Waals surface area contributed by atoms with Crippen molar-refractivity contribution >= 4 is 32.6 Å². The van der Waals surface area contributed by atoms with Gasteiger partial charge in [0.1, 0.15) is 5.78 Å². The maximum atomic E-state index is 11.9. The molecule has 0 bridgehead atoms. The summed E-state index contributed by atoms with van der Waals surface area (Å²) in [5.74, 6) is 0.679. The summed E-state index contributed by atoms with van der Waals surface area (Å²) in [6.07, 6.45) is 4.71. The zero-order valence-electron chi connectivity index (χ0n) is 9.97. The lowest BCUT2D eigenvalue weighted by atomic mass is 10.0. The normalized spacial score (nSPS) is 16.7. The lowest BCUT2D eigenvalue weighted by molar-refractivity contribution is -0.119. The molecule has 0 saturated heterocycles.